The lowest BCUT2D eigenvalue weighted by atomic mass is 10.2. The van der Waals surface area contributed by atoms with Crippen molar-refractivity contribution in [3.63, 3.8) is 0 Å². The van der Waals surface area contributed by atoms with Crippen LogP contribution in [0.3, 0.4) is 0 Å². The van der Waals surface area contributed by atoms with Gasteiger partial charge in [0.05, 0.1) is 4.91 Å². The summed E-state index contributed by atoms with van der Waals surface area (Å²) in [6.07, 6.45) is 2.28. The first-order valence-corrected chi connectivity index (χ1v) is 8.49. The first-order valence-electron chi connectivity index (χ1n) is 6.95. The molecule has 0 aliphatic rings. The summed E-state index contributed by atoms with van der Waals surface area (Å²) in [5.74, 6) is -1.40. The average Bonchev–Trinajstić information content (AvgIpc) is 2.53. The van der Waals surface area contributed by atoms with E-state index in [1.807, 2.05) is 0 Å². The van der Waals surface area contributed by atoms with Gasteiger partial charge in [0.25, 0.3) is 0 Å². The number of sulfone groups is 1. The molecule has 0 aliphatic carbocycles. The Labute approximate surface area is 138 Å². The summed E-state index contributed by atoms with van der Waals surface area (Å²) in [7, 11) is -3.95. The van der Waals surface area contributed by atoms with Crippen LogP contribution in [0.2, 0.25) is 0 Å². The predicted molar refractivity (Wildman–Crippen MR) is 89.4 cm³/mol. The predicted octanol–water partition coefficient (Wildman–Crippen LogP) is 3.98. The summed E-state index contributed by atoms with van der Waals surface area (Å²) in [4.78, 5) is 11.1. The van der Waals surface area contributed by atoms with Crippen LogP contribution in [-0.2, 0) is 14.6 Å². The third kappa shape index (κ3) is 4.70. The van der Waals surface area contributed by atoms with Gasteiger partial charge in [-0.25, -0.2) is 17.2 Å². The second kappa shape index (κ2) is 7.31. The lowest BCUT2D eigenvalue weighted by Crippen LogP contribution is -2.02. The fourth-order valence-electron chi connectivity index (χ4n) is 1.94. The van der Waals surface area contributed by atoms with Crippen LogP contribution in [0.25, 0.3) is 11.0 Å². The van der Waals surface area contributed by atoms with E-state index in [0.717, 1.165) is 23.6 Å². The Morgan fingerprint density at radius 2 is 1.42 bits per heavy atom. The zero-order chi connectivity index (χ0) is 17.7. The lowest BCUT2D eigenvalue weighted by molar-refractivity contribution is -0.112. The van der Waals surface area contributed by atoms with Gasteiger partial charge in [-0.2, -0.15) is 0 Å². The molecule has 6 heteroatoms. The Balaban J connectivity index is 2.42. The molecule has 0 amide bonds. The van der Waals surface area contributed by atoms with Gasteiger partial charge in [0.15, 0.2) is 5.78 Å². The topological polar surface area (TPSA) is 51.2 Å². The van der Waals surface area contributed by atoms with Gasteiger partial charge in [-0.15, -0.1) is 0 Å². The summed E-state index contributed by atoms with van der Waals surface area (Å²) in [6.45, 7) is 1.22. The molecule has 2 rings (SSSR count). The highest BCUT2D eigenvalue weighted by molar-refractivity contribution is 8.03. The summed E-state index contributed by atoms with van der Waals surface area (Å²) in [5, 5.41) is 0.929. The molecule has 0 heterocycles. The molecule has 0 saturated carbocycles. The van der Waals surface area contributed by atoms with Crippen LogP contribution in [-0.4, -0.2) is 14.2 Å². The van der Waals surface area contributed by atoms with Gasteiger partial charge in [-0.3, -0.25) is 4.79 Å². The van der Waals surface area contributed by atoms with Crippen LogP contribution >= 0.6 is 0 Å². The highest BCUT2D eigenvalue weighted by Crippen LogP contribution is 2.24. The van der Waals surface area contributed by atoms with E-state index in [1.165, 1.54) is 49.4 Å². The molecule has 2 aromatic rings. The number of carbonyl (C=O) groups excluding carboxylic acids is 1. The Bertz CT molecular complexity index is 894. The van der Waals surface area contributed by atoms with E-state index in [-0.39, 0.29) is 10.5 Å². The molecule has 2 aromatic carbocycles. The number of halogens is 2. The van der Waals surface area contributed by atoms with Crippen molar-refractivity contribution >= 4 is 26.6 Å². The SMILES string of the molecule is CC(=O)/C=C(/c1ccc(F)cc1)S(=O)(=O)C=Cc1ccc(F)cc1. The fourth-order valence-corrected chi connectivity index (χ4v) is 3.22. The van der Waals surface area contributed by atoms with E-state index in [0.29, 0.717) is 5.56 Å². The molecule has 0 saturated heterocycles. The largest absolute Gasteiger partial charge is 0.295 e. The lowest BCUT2D eigenvalue weighted by Gasteiger charge is -2.06. The second-order valence-electron chi connectivity index (χ2n) is 5.03. The minimum Gasteiger partial charge on any atom is -0.295 e. The van der Waals surface area contributed by atoms with Crippen molar-refractivity contribution in [1.29, 1.82) is 0 Å². The van der Waals surface area contributed by atoms with E-state index in [4.69, 9.17) is 0 Å². The van der Waals surface area contributed by atoms with Gasteiger partial charge in [0.2, 0.25) is 9.84 Å². The minimum atomic E-state index is -3.95. The van der Waals surface area contributed by atoms with Crippen molar-refractivity contribution in [2.45, 2.75) is 6.92 Å². The Morgan fingerprint density at radius 1 is 0.917 bits per heavy atom. The van der Waals surface area contributed by atoms with E-state index in [2.05, 4.69) is 0 Å². The first-order chi connectivity index (χ1) is 11.3. The first kappa shape index (κ1) is 17.7. The molecule has 0 atom stereocenters. The Hall–Kier alpha value is -2.60. The van der Waals surface area contributed by atoms with Gasteiger partial charge in [-0.1, -0.05) is 24.3 Å². The van der Waals surface area contributed by atoms with Gasteiger partial charge in [0, 0.05) is 11.5 Å². The second-order valence-corrected chi connectivity index (χ2v) is 6.83. The maximum Gasteiger partial charge on any atom is 0.200 e. The average molecular weight is 348 g/mol. The number of hydrogen-bond donors (Lipinski definition) is 0. The van der Waals surface area contributed by atoms with Crippen LogP contribution < -0.4 is 0 Å². The van der Waals surface area contributed by atoms with Crippen molar-refractivity contribution in [2.24, 2.45) is 0 Å². The van der Waals surface area contributed by atoms with Crippen LogP contribution in [0.4, 0.5) is 8.78 Å². The molecule has 0 aromatic heterocycles. The third-order valence-electron chi connectivity index (χ3n) is 3.08. The molecular weight excluding hydrogens is 334 g/mol. The Kier molecular flexibility index (Phi) is 5.41. The smallest absolute Gasteiger partial charge is 0.200 e. The molecule has 3 nitrogen and oxygen atoms in total. The molecule has 0 N–H and O–H groups in total. The van der Waals surface area contributed by atoms with Crippen LogP contribution in [0.1, 0.15) is 18.1 Å². The summed E-state index contributed by atoms with van der Waals surface area (Å²) >= 11 is 0. The van der Waals surface area contributed by atoms with E-state index < -0.39 is 27.3 Å². The number of allylic oxidation sites excluding steroid dienone is 1. The standard InChI is InChI=1S/C18H14F2O3S/c1-13(21)12-18(15-4-8-17(20)9-5-15)24(22,23)11-10-14-2-6-16(19)7-3-14/h2-12H,1H3/b11-10?,18-12-. The summed E-state index contributed by atoms with van der Waals surface area (Å²) < 4.78 is 50.9. The number of hydrogen-bond acceptors (Lipinski definition) is 3. The normalized spacial score (nSPS) is 12.5. The van der Waals surface area contributed by atoms with Gasteiger partial charge < -0.3 is 0 Å². The van der Waals surface area contributed by atoms with Crippen molar-refractivity contribution in [3.8, 4) is 0 Å². The van der Waals surface area contributed by atoms with Gasteiger partial charge in [-0.05, 0) is 48.4 Å². The van der Waals surface area contributed by atoms with E-state index >= 15 is 0 Å². The number of carbonyl (C=O) groups is 1. The molecule has 124 valence electrons. The van der Waals surface area contributed by atoms with Gasteiger partial charge >= 0.3 is 0 Å². The molecule has 0 radical (unpaired) electrons. The highest BCUT2D eigenvalue weighted by atomic mass is 32.2. The zero-order valence-electron chi connectivity index (χ0n) is 12.7. The van der Waals surface area contributed by atoms with Crippen molar-refractivity contribution in [2.75, 3.05) is 0 Å². The number of ketones is 1. The zero-order valence-corrected chi connectivity index (χ0v) is 13.6. The van der Waals surface area contributed by atoms with Crippen molar-refractivity contribution in [1.82, 2.24) is 0 Å². The van der Waals surface area contributed by atoms with Crippen molar-refractivity contribution < 1.29 is 22.0 Å². The van der Waals surface area contributed by atoms with Crippen LogP contribution in [0.5, 0.6) is 0 Å². The monoisotopic (exact) mass is 348 g/mol. The van der Waals surface area contributed by atoms with Gasteiger partial charge in [0.1, 0.15) is 11.6 Å². The molecule has 0 unspecified atom stereocenters. The molecule has 0 spiro atoms. The summed E-state index contributed by atoms with van der Waals surface area (Å²) in [5.41, 5.74) is 0.691. The van der Waals surface area contributed by atoms with Crippen molar-refractivity contribution in [3.05, 3.63) is 82.8 Å². The fraction of sp³-hybridized carbons (Fsp3) is 0.0556. The maximum atomic E-state index is 13.0. The molecular formula is C18H14F2O3S. The van der Waals surface area contributed by atoms with E-state index in [1.54, 1.807) is 0 Å². The quantitative estimate of drug-likeness (QED) is 0.768. The minimum absolute atomic E-state index is 0.204. The van der Waals surface area contributed by atoms with E-state index in [9.17, 15) is 22.0 Å². The Morgan fingerprint density at radius 3 is 1.92 bits per heavy atom. The third-order valence-corrected chi connectivity index (χ3v) is 4.54. The molecule has 24 heavy (non-hydrogen) atoms. The maximum absolute atomic E-state index is 13.0. The highest BCUT2D eigenvalue weighted by Gasteiger charge is 2.17. The molecule has 0 bridgehead atoms. The number of rotatable bonds is 5. The van der Waals surface area contributed by atoms with Crippen LogP contribution in [0.15, 0.2) is 60.0 Å². The molecule has 0 fully saturated rings. The molecule has 0 aliphatic heterocycles. The number of benzene rings is 2. The summed E-state index contributed by atoms with van der Waals surface area (Å²) in [6, 6.07) is 10.1. The van der Waals surface area contributed by atoms with Crippen LogP contribution in [0, 0.1) is 11.6 Å².